The second-order valence-electron chi connectivity index (χ2n) is 9.26. The molecule has 0 saturated heterocycles. The Hall–Kier alpha value is -3.43. The van der Waals surface area contributed by atoms with Crippen LogP contribution in [0.3, 0.4) is 0 Å². The summed E-state index contributed by atoms with van der Waals surface area (Å²) >= 11 is 0. The molecule has 4 N–H and O–H groups in total. The lowest BCUT2D eigenvalue weighted by molar-refractivity contribution is -0.137. The fraction of sp³-hybridized carbons (Fsp3) is 0.560. The lowest BCUT2D eigenvalue weighted by Crippen LogP contribution is -2.55. The highest BCUT2D eigenvalue weighted by atomic mass is 16.5. The van der Waals surface area contributed by atoms with Crippen molar-refractivity contribution in [2.45, 2.75) is 78.1 Å². The molecule has 10 heteroatoms. The van der Waals surface area contributed by atoms with Gasteiger partial charge in [0.05, 0.1) is 6.04 Å². The Balaban J connectivity index is 2.88. The molecular formula is C25H37N3O7. The van der Waals surface area contributed by atoms with Gasteiger partial charge in [0.2, 0.25) is 11.8 Å². The predicted octanol–water partition coefficient (Wildman–Crippen LogP) is 2.41. The normalized spacial score (nSPS) is 13.4. The van der Waals surface area contributed by atoms with Crippen LogP contribution in [0, 0.1) is 11.8 Å². The van der Waals surface area contributed by atoms with Gasteiger partial charge in [-0.05, 0) is 36.7 Å². The van der Waals surface area contributed by atoms with Gasteiger partial charge in [-0.2, -0.15) is 0 Å². The Bertz CT molecular complexity index is 843. The highest BCUT2D eigenvalue weighted by Gasteiger charge is 2.29. The van der Waals surface area contributed by atoms with Gasteiger partial charge in [0.25, 0.3) is 0 Å². The number of hydrogen-bond acceptors (Lipinski definition) is 6. The number of carboxylic acid groups (broad SMARTS) is 1. The van der Waals surface area contributed by atoms with Crippen molar-refractivity contribution < 1.29 is 33.8 Å². The van der Waals surface area contributed by atoms with Gasteiger partial charge in [0, 0.05) is 6.42 Å². The van der Waals surface area contributed by atoms with Crippen molar-refractivity contribution in [1.29, 1.82) is 0 Å². The third kappa shape index (κ3) is 12.6. The van der Waals surface area contributed by atoms with Gasteiger partial charge in [0.15, 0.2) is 0 Å². The van der Waals surface area contributed by atoms with Gasteiger partial charge < -0.3 is 30.6 Å². The molecule has 0 bridgehead atoms. The number of benzene rings is 1. The molecule has 0 saturated carbocycles. The van der Waals surface area contributed by atoms with E-state index in [1.807, 2.05) is 33.8 Å². The van der Waals surface area contributed by atoms with E-state index in [0.29, 0.717) is 12.7 Å². The zero-order valence-corrected chi connectivity index (χ0v) is 20.8. The molecule has 35 heavy (non-hydrogen) atoms. The van der Waals surface area contributed by atoms with E-state index in [1.54, 1.807) is 24.3 Å². The highest BCUT2D eigenvalue weighted by molar-refractivity contribution is 5.92. The summed E-state index contributed by atoms with van der Waals surface area (Å²) in [7, 11) is 0. The van der Waals surface area contributed by atoms with E-state index in [0.717, 1.165) is 5.56 Å². The molecule has 3 atom stereocenters. The number of ether oxygens (including phenoxy) is 1. The molecule has 0 aliphatic heterocycles. The zero-order chi connectivity index (χ0) is 26.4. The molecule has 0 heterocycles. The Labute approximate surface area is 206 Å². The Morgan fingerprint density at radius 1 is 0.886 bits per heavy atom. The number of nitrogens with one attached hydrogen (secondary N) is 3. The van der Waals surface area contributed by atoms with Crippen molar-refractivity contribution in [3.8, 4) is 0 Å². The third-order valence-corrected chi connectivity index (χ3v) is 5.03. The van der Waals surface area contributed by atoms with Crippen molar-refractivity contribution in [2.75, 3.05) is 0 Å². The summed E-state index contributed by atoms with van der Waals surface area (Å²) in [5.74, 6) is -2.16. The fourth-order valence-electron chi connectivity index (χ4n) is 3.36. The van der Waals surface area contributed by atoms with E-state index < -0.39 is 42.0 Å². The molecule has 0 unspecified atom stereocenters. The van der Waals surface area contributed by atoms with Gasteiger partial charge in [-0.3, -0.25) is 14.4 Å². The van der Waals surface area contributed by atoms with Crippen LogP contribution in [0.4, 0.5) is 4.79 Å². The van der Waals surface area contributed by atoms with Gasteiger partial charge >= 0.3 is 12.1 Å². The maximum atomic E-state index is 13.0. The van der Waals surface area contributed by atoms with E-state index in [1.165, 1.54) is 0 Å². The van der Waals surface area contributed by atoms with Crippen LogP contribution >= 0.6 is 0 Å². The van der Waals surface area contributed by atoms with Crippen LogP contribution in [0.1, 0.15) is 58.9 Å². The highest BCUT2D eigenvalue weighted by Crippen LogP contribution is 2.09. The summed E-state index contributed by atoms with van der Waals surface area (Å²) in [5.41, 5.74) is 0.744. The SMILES string of the molecule is CC(C)C[C@H](C=O)NC(=O)[C@@H](CC(C)C)NC(=O)[C@H](CCC(=O)O)NC(=O)OCc1ccccc1. The van der Waals surface area contributed by atoms with Crippen molar-refractivity contribution >= 4 is 30.2 Å². The Kier molecular flexibility index (Phi) is 13.1. The summed E-state index contributed by atoms with van der Waals surface area (Å²) in [6.45, 7) is 7.57. The first-order valence-electron chi connectivity index (χ1n) is 11.8. The molecule has 1 rings (SSSR count). The van der Waals surface area contributed by atoms with Crippen LogP contribution < -0.4 is 16.0 Å². The van der Waals surface area contributed by atoms with Crippen molar-refractivity contribution in [3.05, 3.63) is 35.9 Å². The largest absolute Gasteiger partial charge is 0.481 e. The Morgan fingerprint density at radius 2 is 1.49 bits per heavy atom. The monoisotopic (exact) mass is 491 g/mol. The average Bonchev–Trinajstić information content (AvgIpc) is 2.79. The van der Waals surface area contributed by atoms with E-state index in [-0.39, 0.29) is 37.7 Å². The van der Waals surface area contributed by atoms with Gasteiger partial charge in [-0.1, -0.05) is 58.0 Å². The molecule has 0 aromatic heterocycles. The molecule has 0 aliphatic carbocycles. The first-order valence-corrected chi connectivity index (χ1v) is 11.8. The fourth-order valence-corrected chi connectivity index (χ4v) is 3.36. The standard InChI is InChI=1S/C25H37N3O7/c1-16(2)12-19(14-29)26-24(33)21(13-17(3)4)27-23(32)20(10-11-22(30)31)28-25(34)35-15-18-8-6-5-7-9-18/h5-9,14,16-17,19-21H,10-13,15H2,1-4H3,(H,26,33)(H,27,32)(H,28,34)(H,30,31)/t19-,20+,21-/m1/s1. The van der Waals surface area contributed by atoms with Gasteiger partial charge in [-0.25, -0.2) is 4.79 Å². The maximum absolute atomic E-state index is 13.0. The Morgan fingerprint density at radius 3 is 2.03 bits per heavy atom. The number of rotatable bonds is 15. The number of aldehydes is 1. The molecule has 0 spiro atoms. The van der Waals surface area contributed by atoms with E-state index in [4.69, 9.17) is 9.84 Å². The molecule has 194 valence electrons. The lowest BCUT2D eigenvalue weighted by Gasteiger charge is -2.25. The van der Waals surface area contributed by atoms with Crippen molar-refractivity contribution in [2.24, 2.45) is 11.8 Å². The van der Waals surface area contributed by atoms with Crippen LogP contribution in [0.2, 0.25) is 0 Å². The molecule has 1 aromatic rings. The summed E-state index contributed by atoms with van der Waals surface area (Å²) in [6, 6.07) is 6.04. The number of alkyl carbamates (subject to hydrolysis) is 1. The quantitative estimate of drug-likeness (QED) is 0.275. The minimum absolute atomic E-state index is 0.0265. The molecule has 10 nitrogen and oxygen atoms in total. The molecule has 0 fully saturated rings. The van der Waals surface area contributed by atoms with E-state index >= 15 is 0 Å². The van der Waals surface area contributed by atoms with Crippen molar-refractivity contribution in [1.82, 2.24) is 16.0 Å². The topological polar surface area (TPSA) is 151 Å². The summed E-state index contributed by atoms with van der Waals surface area (Å²) in [5, 5.41) is 16.7. The number of amides is 3. The van der Waals surface area contributed by atoms with Gasteiger partial charge in [-0.15, -0.1) is 0 Å². The number of carbonyl (C=O) groups excluding carboxylic acids is 4. The summed E-state index contributed by atoms with van der Waals surface area (Å²) in [4.78, 5) is 60.5. The van der Waals surface area contributed by atoms with Crippen LogP contribution in [0.15, 0.2) is 30.3 Å². The minimum Gasteiger partial charge on any atom is -0.481 e. The predicted molar refractivity (Wildman–Crippen MR) is 129 cm³/mol. The average molecular weight is 492 g/mol. The van der Waals surface area contributed by atoms with Gasteiger partial charge in [0.1, 0.15) is 25.0 Å². The first kappa shape index (κ1) is 29.6. The first-order chi connectivity index (χ1) is 16.5. The number of carbonyl (C=O) groups is 5. The number of hydrogen-bond donors (Lipinski definition) is 4. The molecule has 0 radical (unpaired) electrons. The second kappa shape index (κ2) is 15.5. The minimum atomic E-state index is -1.23. The molecule has 0 aliphatic rings. The van der Waals surface area contributed by atoms with Crippen LogP contribution in [0.25, 0.3) is 0 Å². The van der Waals surface area contributed by atoms with Crippen LogP contribution in [-0.4, -0.2) is 53.4 Å². The third-order valence-electron chi connectivity index (χ3n) is 5.03. The summed E-state index contributed by atoms with van der Waals surface area (Å²) < 4.78 is 5.14. The molecule has 1 aromatic carbocycles. The number of carboxylic acids is 1. The second-order valence-corrected chi connectivity index (χ2v) is 9.26. The number of aliphatic carboxylic acids is 1. The van der Waals surface area contributed by atoms with Crippen LogP contribution in [0.5, 0.6) is 0 Å². The zero-order valence-electron chi connectivity index (χ0n) is 20.8. The molecule has 3 amide bonds. The lowest BCUT2D eigenvalue weighted by atomic mass is 10.0. The smallest absolute Gasteiger partial charge is 0.408 e. The maximum Gasteiger partial charge on any atom is 0.408 e. The van der Waals surface area contributed by atoms with Crippen LogP contribution in [-0.2, 0) is 30.5 Å². The molecular weight excluding hydrogens is 454 g/mol. The van der Waals surface area contributed by atoms with E-state index in [9.17, 15) is 24.0 Å². The van der Waals surface area contributed by atoms with E-state index in [2.05, 4.69) is 16.0 Å². The van der Waals surface area contributed by atoms with Crippen molar-refractivity contribution in [3.63, 3.8) is 0 Å². The summed E-state index contributed by atoms with van der Waals surface area (Å²) in [6.07, 6.45) is -0.0572.